The number of nitrogens with zero attached hydrogens (tertiary/aromatic N) is 1. The number of ether oxygens (including phenoxy) is 1. The Bertz CT molecular complexity index is 1550. The number of fused-ring (bicyclic) bond motifs is 3. The Hall–Kier alpha value is -4.05. The van der Waals surface area contributed by atoms with E-state index in [9.17, 15) is 9.90 Å². The first kappa shape index (κ1) is 24.6. The van der Waals surface area contributed by atoms with Crippen LogP contribution in [0, 0.1) is 0 Å². The smallest absolute Gasteiger partial charge is 0.338 e. The number of unbranched alkanes of at least 4 members (excludes halogenated alkanes) is 2. The van der Waals surface area contributed by atoms with Gasteiger partial charge in [-0.1, -0.05) is 80.4 Å². The van der Waals surface area contributed by atoms with Gasteiger partial charge in [-0.05, 0) is 65.8 Å². The molecule has 4 nitrogen and oxygen atoms in total. The number of phenols is 1. The molecule has 0 saturated heterocycles. The molecule has 5 rings (SSSR count). The predicted molar refractivity (Wildman–Crippen MR) is 150 cm³/mol. The van der Waals surface area contributed by atoms with Crippen LogP contribution in [0.2, 0.25) is 0 Å². The third-order valence-corrected chi connectivity index (χ3v) is 7.09. The number of rotatable bonds is 9. The summed E-state index contributed by atoms with van der Waals surface area (Å²) in [6.07, 6.45) is 5.17. The summed E-state index contributed by atoms with van der Waals surface area (Å²) >= 11 is 0. The molecule has 4 aromatic carbocycles. The zero-order valence-corrected chi connectivity index (χ0v) is 21.5. The van der Waals surface area contributed by atoms with Gasteiger partial charge in [0.25, 0.3) is 0 Å². The fourth-order valence-electron chi connectivity index (χ4n) is 5.32. The maximum atomic E-state index is 12.7. The minimum atomic E-state index is -0.402. The van der Waals surface area contributed by atoms with E-state index in [1.54, 1.807) is 6.07 Å². The first-order chi connectivity index (χ1) is 18.1. The minimum Gasteiger partial charge on any atom is -0.507 e. The van der Waals surface area contributed by atoms with Crippen molar-refractivity contribution in [1.82, 2.24) is 4.57 Å². The van der Waals surface area contributed by atoms with E-state index >= 15 is 0 Å². The molecule has 5 aromatic rings. The molecule has 0 amide bonds. The monoisotopic (exact) mass is 491 g/mol. The number of benzene rings is 4. The molecule has 0 aliphatic carbocycles. The van der Waals surface area contributed by atoms with Gasteiger partial charge in [-0.25, -0.2) is 4.79 Å². The Morgan fingerprint density at radius 3 is 2.32 bits per heavy atom. The molecule has 0 unspecified atom stereocenters. The lowest BCUT2D eigenvalue weighted by Gasteiger charge is -2.11. The van der Waals surface area contributed by atoms with E-state index in [0.29, 0.717) is 17.5 Å². The van der Waals surface area contributed by atoms with Crippen LogP contribution >= 0.6 is 0 Å². The fourth-order valence-corrected chi connectivity index (χ4v) is 5.32. The molecule has 0 spiro atoms. The van der Waals surface area contributed by atoms with E-state index < -0.39 is 5.97 Å². The highest BCUT2D eigenvalue weighted by Gasteiger charge is 2.21. The molecule has 1 heterocycles. The van der Waals surface area contributed by atoms with Gasteiger partial charge in [-0.2, -0.15) is 0 Å². The van der Waals surface area contributed by atoms with E-state index in [2.05, 4.69) is 66.1 Å². The van der Waals surface area contributed by atoms with Gasteiger partial charge in [0, 0.05) is 11.9 Å². The van der Waals surface area contributed by atoms with E-state index in [1.807, 2.05) is 24.3 Å². The molecule has 0 aliphatic heterocycles. The second-order valence-electron chi connectivity index (χ2n) is 9.73. The number of carbonyl (C=O) groups is 1. The molecule has 0 bridgehead atoms. The van der Waals surface area contributed by atoms with Crippen molar-refractivity contribution in [3.05, 3.63) is 113 Å². The maximum Gasteiger partial charge on any atom is 0.338 e. The Morgan fingerprint density at radius 1 is 0.784 bits per heavy atom. The largest absolute Gasteiger partial charge is 0.507 e. The number of esters is 1. The Balaban J connectivity index is 1.63. The first-order valence-corrected chi connectivity index (χ1v) is 13.1. The van der Waals surface area contributed by atoms with Crippen LogP contribution in [0.4, 0.5) is 0 Å². The summed E-state index contributed by atoms with van der Waals surface area (Å²) < 4.78 is 7.32. The van der Waals surface area contributed by atoms with E-state index in [-0.39, 0.29) is 5.75 Å². The molecule has 1 N–H and O–H groups in total. The summed E-state index contributed by atoms with van der Waals surface area (Å²) in [6.45, 7) is 2.82. The summed E-state index contributed by atoms with van der Waals surface area (Å²) in [5.74, 6) is -0.192. The molecule has 0 saturated carbocycles. The fraction of sp³-hybridized carbons (Fsp3) is 0.242. The summed E-state index contributed by atoms with van der Waals surface area (Å²) in [6, 6.07) is 28.8. The molecule has 0 aliphatic rings. The van der Waals surface area contributed by atoms with Gasteiger partial charge >= 0.3 is 5.97 Å². The van der Waals surface area contributed by atoms with Gasteiger partial charge in [0.2, 0.25) is 0 Å². The van der Waals surface area contributed by atoms with Gasteiger partial charge < -0.3 is 14.4 Å². The molecule has 37 heavy (non-hydrogen) atoms. The van der Waals surface area contributed by atoms with Crippen LogP contribution in [-0.4, -0.2) is 22.8 Å². The normalized spacial score (nSPS) is 11.3. The molecule has 0 radical (unpaired) electrons. The zero-order valence-electron chi connectivity index (χ0n) is 21.5. The standard InChI is InChI=1S/C33H33NO3/c1-3-4-6-13-25-20-29-32(30(35)21-25)31-27(33(36)37-2)16-10-17-28(31)34(29)22-26-15-9-14-24(19-26)18-23-11-7-5-8-12-23/h5,7-12,14-17,19-21,35H,3-4,6,13,18,22H2,1-2H3. The van der Waals surface area contributed by atoms with Crippen LogP contribution in [0.3, 0.4) is 0 Å². The van der Waals surface area contributed by atoms with Crippen molar-refractivity contribution in [2.75, 3.05) is 7.11 Å². The van der Waals surface area contributed by atoms with Crippen LogP contribution in [0.5, 0.6) is 5.75 Å². The lowest BCUT2D eigenvalue weighted by atomic mass is 10.0. The van der Waals surface area contributed by atoms with Crippen LogP contribution < -0.4 is 0 Å². The third kappa shape index (κ3) is 5.10. The highest BCUT2D eigenvalue weighted by atomic mass is 16.5. The summed E-state index contributed by atoms with van der Waals surface area (Å²) in [7, 11) is 1.39. The molecule has 4 heteroatoms. The van der Waals surface area contributed by atoms with Crippen molar-refractivity contribution in [3.8, 4) is 5.75 Å². The van der Waals surface area contributed by atoms with Crippen molar-refractivity contribution in [1.29, 1.82) is 0 Å². The number of aryl methyl sites for hydroxylation is 1. The lowest BCUT2D eigenvalue weighted by Crippen LogP contribution is -2.03. The Morgan fingerprint density at radius 2 is 1.54 bits per heavy atom. The molecular formula is C33H33NO3. The van der Waals surface area contributed by atoms with Gasteiger partial charge in [0.05, 0.1) is 29.1 Å². The number of aromatic nitrogens is 1. The lowest BCUT2D eigenvalue weighted by molar-refractivity contribution is 0.0603. The highest BCUT2D eigenvalue weighted by molar-refractivity contribution is 6.19. The molecule has 0 atom stereocenters. The number of methoxy groups -OCH3 is 1. The Kier molecular flexibility index (Phi) is 7.27. The van der Waals surface area contributed by atoms with Crippen LogP contribution in [0.25, 0.3) is 21.8 Å². The summed E-state index contributed by atoms with van der Waals surface area (Å²) in [5, 5.41) is 12.7. The van der Waals surface area contributed by atoms with Gasteiger partial charge in [-0.3, -0.25) is 0 Å². The molecule has 188 valence electrons. The predicted octanol–water partition coefficient (Wildman–Crippen LogP) is 7.66. The third-order valence-electron chi connectivity index (χ3n) is 7.09. The number of aromatic hydroxyl groups is 1. The molecule has 0 fully saturated rings. The second kappa shape index (κ2) is 10.9. The van der Waals surface area contributed by atoms with Gasteiger partial charge in [0.1, 0.15) is 5.75 Å². The van der Waals surface area contributed by atoms with Crippen molar-refractivity contribution in [2.24, 2.45) is 0 Å². The topological polar surface area (TPSA) is 51.5 Å². The van der Waals surface area contributed by atoms with E-state index in [1.165, 1.54) is 23.8 Å². The van der Waals surface area contributed by atoms with Crippen molar-refractivity contribution >= 4 is 27.8 Å². The first-order valence-electron chi connectivity index (χ1n) is 13.1. The maximum absolute atomic E-state index is 12.7. The van der Waals surface area contributed by atoms with E-state index in [0.717, 1.165) is 54.1 Å². The van der Waals surface area contributed by atoms with E-state index in [4.69, 9.17) is 4.74 Å². The summed E-state index contributed by atoms with van der Waals surface area (Å²) in [5.41, 5.74) is 7.13. The number of hydrogen-bond donors (Lipinski definition) is 1. The highest BCUT2D eigenvalue weighted by Crippen LogP contribution is 2.39. The molecular weight excluding hydrogens is 458 g/mol. The summed E-state index contributed by atoms with van der Waals surface area (Å²) in [4.78, 5) is 12.7. The SMILES string of the molecule is CCCCCc1cc(O)c2c3c(C(=O)OC)cccc3n(Cc3cccc(Cc4ccccc4)c3)c2c1. The Labute approximate surface area is 218 Å². The van der Waals surface area contributed by atoms with Crippen molar-refractivity contribution in [3.63, 3.8) is 0 Å². The van der Waals surface area contributed by atoms with Crippen molar-refractivity contribution < 1.29 is 14.6 Å². The van der Waals surface area contributed by atoms with Crippen LogP contribution in [0.15, 0.2) is 84.9 Å². The minimum absolute atomic E-state index is 0.210. The van der Waals surface area contributed by atoms with Crippen LogP contribution in [0.1, 0.15) is 58.8 Å². The van der Waals surface area contributed by atoms with Crippen LogP contribution in [-0.2, 0) is 24.1 Å². The second-order valence-corrected chi connectivity index (χ2v) is 9.73. The van der Waals surface area contributed by atoms with Crippen molar-refractivity contribution in [2.45, 2.75) is 45.6 Å². The average Bonchev–Trinajstić information content (AvgIpc) is 3.23. The quantitative estimate of drug-likeness (QED) is 0.170. The van der Waals surface area contributed by atoms with Gasteiger partial charge in [-0.15, -0.1) is 0 Å². The molecule has 1 aromatic heterocycles. The number of carbonyl (C=O) groups excluding carboxylic acids is 1. The zero-order chi connectivity index (χ0) is 25.8. The number of phenolic OH excluding ortho intramolecular Hbond substituents is 1. The van der Waals surface area contributed by atoms with Gasteiger partial charge in [0.15, 0.2) is 0 Å². The average molecular weight is 492 g/mol. The number of hydrogen-bond acceptors (Lipinski definition) is 3.